The largest absolute Gasteiger partial charge is 0.347 e. The zero-order valence-corrected chi connectivity index (χ0v) is 30.5. The van der Waals surface area contributed by atoms with Crippen molar-refractivity contribution in [2.75, 3.05) is 6.54 Å². The van der Waals surface area contributed by atoms with Crippen LogP contribution in [0.2, 0.25) is 0 Å². The van der Waals surface area contributed by atoms with Crippen LogP contribution in [-0.2, 0) is 36.8 Å². The molecular formula is C40H49N5O6S. The van der Waals surface area contributed by atoms with Crippen LogP contribution in [-0.4, -0.2) is 87.4 Å². The van der Waals surface area contributed by atoms with Crippen LogP contribution in [0.5, 0.6) is 0 Å². The molecule has 0 radical (unpaired) electrons. The molecule has 1 aromatic heterocycles. The first-order valence-corrected chi connectivity index (χ1v) is 20.3. The van der Waals surface area contributed by atoms with Crippen LogP contribution in [0.25, 0.3) is 0 Å². The summed E-state index contributed by atoms with van der Waals surface area (Å²) in [7, 11) is 0. The highest BCUT2D eigenvalue weighted by molar-refractivity contribution is 7.12. The first-order chi connectivity index (χ1) is 25.2. The molecule has 0 bridgehead atoms. The fraction of sp³-hybridized carbons (Fsp3) is 0.600. The van der Waals surface area contributed by atoms with Crippen molar-refractivity contribution in [1.82, 2.24) is 25.8 Å². The second-order valence-electron chi connectivity index (χ2n) is 16.0. The Hall–Kier alpha value is -4.06. The summed E-state index contributed by atoms with van der Waals surface area (Å²) in [4.78, 5) is 87.2. The number of thiophene rings is 1. The van der Waals surface area contributed by atoms with E-state index in [0.717, 1.165) is 62.5 Å². The van der Waals surface area contributed by atoms with Gasteiger partial charge in [0.25, 0.3) is 11.8 Å². The van der Waals surface area contributed by atoms with Crippen LogP contribution < -0.4 is 16.0 Å². The average molecular weight is 728 g/mol. The van der Waals surface area contributed by atoms with Gasteiger partial charge < -0.3 is 25.8 Å². The summed E-state index contributed by atoms with van der Waals surface area (Å²) in [5.41, 5.74) is 1.64. The van der Waals surface area contributed by atoms with Gasteiger partial charge >= 0.3 is 0 Å². The van der Waals surface area contributed by atoms with Crippen molar-refractivity contribution in [3.63, 3.8) is 0 Å². The first-order valence-electron chi connectivity index (χ1n) is 19.4. The highest BCUT2D eigenvalue weighted by atomic mass is 32.1. The molecule has 52 heavy (non-hydrogen) atoms. The van der Waals surface area contributed by atoms with Gasteiger partial charge in [-0.15, -0.1) is 11.3 Å². The van der Waals surface area contributed by atoms with E-state index in [0.29, 0.717) is 56.4 Å². The third-order valence-corrected chi connectivity index (χ3v) is 13.6. The summed E-state index contributed by atoms with van der Waals surface area (Å²) in [6, 6.07) is 8.47. The Morgan fingerprint density at radius 3 is 2.21 bits per heavy atom. The molecule has 5 fully saturated rings. The number of benzene rings is 1. The quantitative estimate of drug-likeness (QED) is 0.225. The number of nitrogens with one attached hydrogen (secondary N) is 3. The number of hydrogen-bond donors (Lipinski definition) is 3. The van der Waals surface area contributed by atoms with Gasteiger partial charge in [-0.3, -0.25) is 28.8 Å². The molecular weight excluding hydrogens is 679 g/mol. The number of ketones is 1. The van der Waals surface area contributed by atoms with Crippen molar-refractivity contribution in [2.45, 2.75) is 132 Å². The molecule has 3 saturated carbocycles. The summed E-state index contributed by atoms with van der Waals surface area (Å²) >= 11 is 1.33. The fourth-order valence-corrected chi connectivity index (χ4v) is 10.2. The van der Waals surface area contributed by atoms with E-state index in [9.17, 15) is 24.0 Å². The van der Waals surface area contributed by atoms with Gasteiger partial charge in [0, 0.05) is 12.6 Å². The maximum atomic E-state index is 15.1. The molecule has 3 N–H and O–H groups in total. The van der Waals surface area contributed by atoms with Crippen LogP contribution in [0, 0.1) is 11.8 Å². The maximum Gasteiger partial charge on any atom is 0.289 e. The average Bonchev–Trinajstić information content (AvgIpc) is 3.52. The zero-order chi connectivity index (χ0) is 36.0. The van der Waals surface area contributed by atoms with E-state index in [1.165, 1.54) is 11.3 Å². The number of fused-ring (bicyclic) bond motifs is 1. The van der Waals surface area contributed by atoms with Gasteiger partial charge in [0.1, 0.15) is 18.1 Å². The van der Waals surface area contributed by atoms with E-state index in [2.05, 4.69) is 28.1 Å². The summed E-state index contributed by atoms with van der Waals surface area (Å²) in [6.45, 7) is 0.365. The second-order valence-corrected chi connectivity index (χ2v) is 17.0. The molecule has 2 aromatic rings. The summed E-state index contributed by atoms with van der Waals surface area (Å²) in [5.74, 6) is -2.37. The Kier molecular flexibility index (Phi) is 9.69. The molecule has 1 spiro atoms. The minimum atomic E-state index is -0.940. The zero-order valence-electron chi connectivity index (χ0n) is 29.6. The fourth-order valence-electron chi connectivity index (χ4n) is 9.59. The van der Waals surface area contributed by atoms with Crippen LogP contribution in [0.3, 0.4) is 0 Å². The number of carbonyl (C=O) groups excluding carboxylic acids is 6. The third kappa shape index (κ3) is 6.56. The molecule has 1 unspecified atom stereocenters. The molecule has 8 rings (SSSR count). The molecule has 6 aliphatic rings. The van der Waals surface area contributed by atoms with Crippen molar-refractivity contribution in [2.24, 2.45) is 11.8 Å². The molecule has 5 amide bonds. The number of amides is 5. The van der Waals surface area contributed by atoms with Crippen molar-refractivity contribution >= 4 is 46.7 Å². The molecule has 2 aliphatic heterocycles. The topological polar surface area (TPSA) is 145 Å². The molecule has 4 atom stereocenters. The van der Waals surface area contributed by atoms with Crippen LogP contribution in [0.4, 0.5) is 0 Å². The predicted molar refractivity (Wildman–Crippen MR) is 194 cm³/mol. The lowest BCUT2D eigenvalue weighted by Gasteiger charge is -2.62. The third-order valence-electron chi connectivity index (χ3n) is 12.7. The summed E-state index contributed by atoms with van der Waals surface area (Å²) < 4.78 is 0. The van der Waals surface area contributed by atoms with Crippen molar-refractivity contribution < 1.29 is 28.8 Å². The second kappa shape index (κ2) is 14.4. The summed E-state index contributed by atoms with van der Waals surface area (Å²) in [6.07, 6.45) is 11.6. The maximum absolute atomic E-state index is 15.1. The normalized spacial score (nSPS) is 25.1. The SMILES string of the molecule is O=C(NC1CC1)C(=O)C(CC1CCC1)NC(=O)[C@@H]1CCCN1C(=O)[C@H](C1Cc2ccccc2C1)N1C(=O)[C@@H](NC(=O)c2cccs2)C12CCCCC2. The number of β-lactam (4-membered cyclic amide) rings is 1. The number of likely N-dealkylation sites (tertiary alicyclic amines) is 2. The van der Waals surface area contributed by atoms with Gasteiger partial charge in [-0.2, -0.15) is 0 Å². The van der Waals surface area contributed by atoms with E-state index in [1.54, 1.807) is 11.0 Å². The van der Waals surface area contributed by atoms with Gasteiger partial charge in [-0.05, 0) is 92.2 Å². The number of Topliss-reactive ketones (excluding diaryl/α,β-unsaturated/α-hetero) is 1. The number of nitrogens with zero attached hydrogens (tertiary/aromatic N) is 2. The Bertz CT molecular complexity index is 1710. The highest BCUT2D eigenvalue weighted by Crippen LogP contribution is 2.49. The number of hydrogen-bond acceptors (Lipinski definition) is 7. The monoisotopic (exact) mass is 727 g/mol. The van der Waals surface area contributed by atoms with Crippen LogP contribution in [0.15, 0.2) is 41.8 Å². The predicted octanol–water partition coefficient (Wildman–Crippen LogP) is 3.69. The lowest BCUT2D eigenvalue weighted by molar-refractivity contribution is -0.183. The number of rotatable bonds is 12. The minimum Gasteiger partial charge on any atom is -0.347 e. The lowest BCUT2D eigenvalue weighted by atomic mass is 9.66. The standard InChI is InChI=1S/C40H49N5O6S/c46-33(37(49)41-28-15-16-28)29(21-24-9-6-10-24)42-35(47)30-13-7-19-44(30)38(50)32(27-22-25-11-2-3-12-26(25)23-27)45-39(51)34(40(45)17-4-1-5-18-40)43-36(48)31-14-8-20-52-31/h2-3,8,11-12,14,20,24,27-30,32,34H,1,4-7,9-10,13,15-19,21-23H2,(H,41,49)(H,42,47)(H,43,48)/t29?,30-,32-,34+/m0/s1. The van der Waals surface area contributed by atoms with E-state index in [4.69, 9.17) is 0 Å². The van der Waals surface area contributed by atoms with Gasteiger partial charge in [0.15, 0.2) is 0 Å². The molecule has 11 nitrogen and oxygen atoms in total. The van der Waals surface area contributed by atoms with E-state index in [1.807, 2.05) is 28.5 Å². The molecule has 12 heteroatoms. The van der Waals surface area contributed by atoms with Crippen LogP contribution in [0.1, 0.15) is 104 Å². The van der Waals surface area contributed by atoms with E-state index < -0.39 is 47.3 Å². The van der Waals surface area contributed by atoms with Crippen LogP contribution >= 0.6 is 11.3 Å². The number of carbonyl (C=O) groups is 6. The molecule has 276 valence electrons. The smallest absolute Gasteiger partial charge is 0.289 e. The van der Waals surface area contributed by atoms with E-state index >= 15 is 4.79 Å². The lowest BCUT2D eigenvalue weighted by Crippen LogP contribution is -2.83. The highest BCUT2D eigenvalue weighted by Gasteiger charge is 2.65. The van der Waals surface area contributed by atoms with E-state index in [-0.39, 0.29) is 35.6 Å². The molecule has 1 aromatic carbocycles. The molecule has 2 saturated heterocycles. The molecule has 3 heterocycles. The van der Waals surface area contributed by atoms with Crippen molar-refractivity contribution in [3.8, 4) is 0 Å². The van der Waals surface area contributed by atoms with Gasteiger partial charge in [-0.25, -0.2) is 0 Å². The Labute approximate surface area is 308 Å². The summed E-state index contributed by atoms with van der Waals surface area (Å²) in [5, 5.41) is 10.6. The first kappa shape index (κ1) is 35.0. The Morgan fingerprint density at radius 2 is 1.58 bits per heavy atom. The Balaban J connectivity index is 1.06. The van der Waals surface area contributed by atoms with Crippen molar-refractivity contribution in [1.29, 1.82) is 0 Å². The van der Waals surface area contributed by atoms with Gasteiger partial charge in [-0.1, -0.05) is 68.9 Å². The Morgan fingerprint density at radius 1 is 0.846 bits per heavy atom. The molecule has 4 aliphatic carbocycles. The van der Waals surface area contributed by atoms with Gasteiger partial charge in [0.05, 0.1) is 16.5 Å². The van der Waals surface area contributed by atoms with Crippen molar-refractivity contribution in [3.05, 3.63) is 57.8 Å². The van der Waals surface area contributed by atoms with Gasteiger partial charge in [0.2, 0.25) is 23.5 Å². The minimum absolute atomic E-state index is 0.0263.